The molecule has 0 amide bonds. The Balaban J connectivity index is 2.22. The van der Waals surface area contributed by atoms with E-state index in [-0.39, 0.29) is 11.9 Å². The summed E-state index contributed by atoms with van der Waals surface area (Å²) < 4.78 is 29.9. The van der Waals surface area contributed by atoms with Crippen LogP contribution in [0.4, 0.5) is 0 Å². The summed E-state index contributed by atoms with van der Waals surface area (Å²) in [4.78, 5) is 4.20. The van der Waals surface area contributed by atoms with Crippen LogP contribution in [0.3, 0.4) is 0 Å². The fraction of sp³-hybridized carbons (Fsp3) is 1.00. The number of hydrogen-bond acceptors (Lipinski definition) is 5. The molecule has 1 aliphatic rings. The Labute approximate surface area is 103 Å². The van der Waals surface area contributed by atoms with E-state index >= 15 is 0 Å². The summed E-state index contributed by atoms with van der Waals surface area (Å²) in [7, 11) is -3.86. The van der Waals surface area contributed by atoms with Crippen LogP contribution in [0.15, 0.2) is 0 Å². The van der Waals surface area contributed by atoms with Gasteiger partial charge in [-0.3, -0.25) is 14.4 Å². The Morgan fingerprint density at radius 3 is 2.18 bits per heavy atom. The van der Waals surface area contributed by atoms with E-state index in [9.17, 15) is 13.5 Å². The van der Waals surface area contributed by atoms with Crippen molar-refractivity contribution in [2.75, 3.05) is 45.0 Å². The average molecular weight is 266 g/mol. The van der Waals surface area contributed by atoms with E-state index in [1.807, 2.05) is 11.8 Å². The van der Waals surface area contributed by atoms with Gasteiger partial charge in [-0.2, -0.15) is 8.42 Å². The average Bonchev–Trinajstić information content (AvgIpc) is 2.27. The molecule has 0 spiro atoms. The molecule has 1 aliphatic heterocycles. The molecule has 0 aromatic heterocycles. The zero-order valence-corrected chi connectivity index (χ0v) is 11.1. The number of rotatable bonds is 6. The van der Waals surface area contributed by atoms with Crippen LogP contribution < -0.4 is 0 Å². The standard InChI is InChI=1S/C10H22N2O4S/c1-2-10(13)9-12-5-3-11(4-6-12)7-8-17(14,15)16/h10,13H,2-9H2,1H3,(H,14,15,16). The molecule has 7 heteroatoms. The van der Waals surface area contributed by atoms with Crippen LogP contribution in [0.1, 0.15) is 13.3 Å². The molecule has 1 heterocycles. The molecule has 1 unspecified atom stereocenters. The van der Waals surface area contributed by atoms with Crippen LogP contribution in [0.5, 0.6) is 0 Å². The van der Waals surface area contributed by atoms with Crippen LogP contribution in [-0.4, -0.2) is 79.0 Å². The van der Waals surface area contributed by atoms with Crippen molar-refractivity contribution in [1.29, 1.82) is 0 Å². The predicted octanol–water partition coefficient (Wildman–Crippen LogP) is -0.737. The number of aliphatic hydroxyl groups is 1. The maximum Gasteiger partial charge on any atom is 0.266 e. The zero-order valence-electron chi connectivity index (χ0n) is 10.2. The van der Waals surface area contributed by atoms with Gasteiger partial charge in [0, 0.05) is 39.3 Å². The van der Waals surface area contributed by atoms with Gasteiger partial charge in [-0.25, -0.2) is 0 Å². The number of aliphatic hydroxyl groups excluding tert-OH is 1. The highest BCUT2D eigenvalue weighted by Crippen LogP contribution is 2.04. The van der Waals surface area contributed by atoms with Crippen molar-refractivity contribution in [1.82, 2.24) is 9.80 Å². The number of nitrogens with zero attached hydrogens (tertiary/aromatic N) is 2. The Kier molecular flexibility index (Phi) is 5.81. The number of piperazine rings is 1. The normalized spacial score (nSPS) is 21.6. The van der Waals surface area contributed by atoms with Crippen LogP contribution >= 0.6 is 0 Å². The lowest BCUT2D eigenvalue weighted by atomic mass is 10.2. The second kappa shape index (κ2) is 6.65. The van der Waals surface area contributed by atoms with Gasteiger partial charge in [0.2, 0.25) is 0 Å². The summed E-state index contributed by atoms with van der Waals surface area (Å²) >= 11 is 0. The van der Waals surface area contributed by atoms with Crippen LogP contribution in [0.25, 0.3) is 0 Å². The molecule has 2 N–H and O–H groups in total. The van der Waals surface area contributed by atoms with Gasteiger partial charge in [-0.15, -0.1) is 0 Å². The Morgan fingerprint density at radius 2 is 1.71 bits per heavy atom. The molecule has 0 aromatic rings. The van der Waals surface area contributed by atoms with Gasteiger partial charge < -0.3 is 5.11 Å². The minimum atomic E-state index is -3.86. The van der Waals surface area contributed by atoms with Crippen molar-refractivity contribution in [3.05, 3.63) is 0 Å². The minimum absolute atomic E-state index is 0.204. The predicted molar refractivity (Wildman–Crippen MR) is 65.6 cm³/mol. The Morgan fingerprint density at radius 1 is 1.18 bits per heavy atom. The van der Waals surface area contributed by atoms with Crippen LogP contribution in [-0.2, 0) is 10.1 Å². The fourth-order valence-electron chi connectivity index (χ4n) is 1.87. The van der Waals surface area contributed by atoms with Crippen LogP contribution in [0.2, 0.25) is 0 Å². The summed E-state index contributed by atoms with van der Waals surface area (Å²) in [6.07, 6.45) is 0.475. The molecule has 1 rings (SSSR count). The molecule has 0 bridgehead atoms. The van der Waals surface area contributed by atoms with Crippen molar-refractivity contribution in [3.8, 4) is 0 Å². The third-order valence-corrected chi connectivity index (χ3v) is 3.77. The van der Waals surface area contributed by atoms with Gasteiger partial charge in [-0.05, 0) is 6.42 Å². The highest BCUT2D eigenvalue weighted by molar-refractivity contribution is 7.85. The van der Waals surface area contributed by atoms with Gasteiger partial charge in [0.05, 0.1) is 11.9 Å². The lowest BCUT2D eigenvalue weighted by Gasteiger charge is -2.35. The first-order chi connectivity index (χ1) is 7.90. The van der Waals surface area contributed by atoms with E-state index < -0.39 is 10.1 Å². The molecule has 1 fully saturated rings. The lowest BCUT2D eigenvalue weighted by molar-refractivity contribution is 0.0729. The topological polar surface area (TPSA) is 81.1 Å². The van der Waals surface area contributed by atoms with Gasteiger partial charge in [0.1, 0.15) is 0 Å². The van der Waals surface area contributed by atoms with E-state index in [1.165, 1.54) is 0 Å². The largest absolute Gasteiger partial charge is 0.392 e. The van der Waals surface area contributed by atoms with E-state index in [1.54, 1.807) is 0 Å². The fourth-order valence-corrected chi connectivity index (χ4v) is 2.36. The second-order valence-corrected chi connectivity index (χ2v) is 6.06. The number of hydrogen-bond donors (Lipinski definition) is 2. The van der Waals surface area contributed by atoms with E-state index in [2.05, 4.69) is 4.90 Å². The highest BCUT2D eigenvalue weighted by Gasteiger charge is 2.19. The third kappa shape index (κ3) is 6.32. The summed E-state index contributed by atoms with van der Waals surface area (Å²) in [5, 5.41) is 9.52. The third-order valence-electron chi connectivity index (χ3n) is 3.07. The van der Waals surface area contributed by atoms with Crippen molar-refractivity contribution in [3.63, 3.8) is 0 Å². The van der Waals surface area contributed by atoms with Crippen molar-refractivity contribution >= 4 is 10.1 Å². The smallest absolute Gasteiger partial charge is 0.266 e. The first kappa shape index (κ1) is 14.8. The van der Waals surface area contributed by atoms with Gasteiger partial charge >= 0.3 is 0 Å². The summed E-state index contributed by atoms with van der Waals surface area (Å²) in [6, 6.07) is 0. The van der Waals surface area contributed by atoms with Gasteiger partial charge in [0.25, 0.3) is 10.1 Å². The molecule has 17 heavy (non-hydrogen) atoms. The van der Waals surface area contributed by atoms with Gasteiger partial charge in [-0.1, -0.05) is 6.92 Å². The maximum atomic E-state index is 10.6. The number of β-amino-alcohol motifs (C(OH)–C–C–N with tert-alkyl or cyclic N) is 1. The second-order valence-electron chi connectivity index (χ2n) is 4.49. The van der Waals surface area contributed by atoms with Gasteiger partial charge in [0.15, 0.2) is 0 Å². The van der Waals surface area contributed by atoms with E-state index in [4.69, 9.17) is 4.55 Å². The SMILES string of the molecule is CCC(O)CN1CCN(CCS(=O)(=O)O)CC1. The molecular formula is C10H22N2O4S. The van der Waals surface area contributed by atoms with Crippen molar-refractivity contribution in [2.45, 2.75) is 19.4 Å². The molecule has 0 radical (unpaired) electrons. The minimum Gasteiger partial charge on any atom is -0.392 e. The monoisotopic (exact) mass is 266 g/mol. The summed E-state index contributed by atoms with van der Waals surface area (Å²) in [5.74, 6) is -0.204. The molecule has 1 atom stereocenters. The Bertz CT molecular complexity index is 312. The maximum absolute atomic E-state index is 10.6. The first-order valence-electron chi connectivity index (χ1n) is 5.98. The molecule has 102 valence electrons. The lowest BCUT2D eigenvalue weighted by Crippen LogP contribution is -2.49. The zero-order chi connectivity index (χ0) is 12.9. The molecule has 6 nitrogen and oxygen atoms in total. The Hall–Kier alpha value is -0.210. The van der Waals surface area contributed by atoms with E-state index in [0.29, 0.717) is 13.1 Å². The van der Waals surface area contributed by atoms with Crippen LogP contribution in [0, 0.1) is 0 Å². The van der Waals surface area contributed by atoms with Crippen molar-refractivity contribution in [2.24, 2.45) is 0 Å². The van der Waals surface area contributed by atoms with Crippen molar-refractivity contribution < 1.29 is 18.1 Å². The first-order valence-corrected chi connectivity index (χ1v) is 7.59. The molecule has 0 aromatic carbocycles. The van der Waals surface area contributed by atoms with E-state index in [0.717, 1.165) is 32.6 Å². The molecule has 0 aliphatic carbocycles. The molecule has 0 saturated carbocycles. The highest BCUT2D eigenvalue weighted by atomic mass is 32.2. The summed E-state index contributed by atoms with van der Waals surface area (Å²) in [6.45, 7) is 6.25. The quantitative estimate of drug-likeness (QED) is 0.617. The summed E-state index contributed by atoms with van der Waals surface area (Å²) in [5.41, 5.74) is 0. The molecular weight excluding hydrogens is 244 g/mol. The molecule has 1 saturated heterocycles.